The lowest BCUT2D eigenvalue weighted by Crippen LogP contribution is -2.13. The summed E-state index contributed by atoms with van der Waals surface area (Å²) in [7, 11) is 1.56. The van der Waals surface area contributed by atoms with Crippen molar-refractivity contribution < 1.29 is 13.9 Å². The predicted octanol–water partition coefficient (Wildman–Crippen LogP) is 3.80. The molecule has 7 heteroatoms. The number of nitrogens with zero attached hydrogens (tertiary/aromatic N) is 3. The molecule has 0 spiro atoms. The molecule has 27 heavy (non-hydrogen) atoms. The van der Waals surface area contributed by atoms with Gasteiger partial charge in [-0.25, -0.2) is 4.39 Å². The number of fused-ring (bicyclic) bond motifs is 1. The Hall–Kier alpha value is -3.74. The van der Waals surface area contributed by atoms with Crippen molar-refractivity contribution in [3.63, 3.8) is 0 Å². The topological polar surface area (TPSA) is 68.5 Å². The van der Waals surface area contributed by atoms with Crippen LogP contribution in [0, 0.1) is 5.82 Å². The summed E-state index contributed by atoms with van der Waals surface area (Å²) in [5, 5.41) is 11.0. The Bertz CT molecular complexity index is 1140. The van der Waals surface area contributed by atoms with E-state index in [2.05, 4.69) is 15.5 Å². The lowest BCUT2D eigenvalue weighted by molar-refractivity contribution is 0.102. The highest BCUT2D eigenvalue weighted by molar-refractivity contribution is 6.08. The fourth-order valence-electron chi connectivity index (χ4n) is 2.82. The van der Waals surface area contributed by atoms with Gasteiger partial charge in [0.1, 0.15) is 11.6 Å². The molecule has 2 aromatic carbocycles. The van der Waals surface area contributed by atoms with Crippen molar-refractivity contribution in [1.29, 1.82) is 0 Å². The van der Waals surface area contributed by atoms with Crippen LogP contribution in [0.1, 0.15) is 10.4 Å². The Balaban J connectivity index is 1.73. The number of hydrogen-bond acceptors (Lipinski definition) is 4. The van der Waals surface area contributed by atoms with Crippen LogP contribution in [0.4, 0.5) is 10.1 Å². The van der Waals surface area contributed by atoms with Crippen molar-refractivity contribution in [3.8, 4) is 17.1 Å². The van der Waals surface area contributed by atoms with Crippen molar-refractivity contribution in [1.82, 2.24) is 14.6 Å². The second kappa shape index (κ2) is 6.87. The largest absolute Gasteiger partial charge is 0.497 e. The van der Waals surface area contributed by atoms with Crippen LogP contribution in [0.15, 0.2) is 66.9 Å². The van der Waals surface area contributed by atoms with Crippen molar-refractivity contribution in [2.45, 2.75) is 0 Å². The van der Waals surface area contributed by atoms with Gasteiger partial charge in [-0.3, -0.25) is 9.20 Å². The number of rotatable bonds is 4. The molecule has 0 saturated carbocycles. The van der Waals surface area contributed by atoms with Crippen LogP contribution >= 0.6 is 0 Å². The lowest BCUT2D eigenvalue weighted by atomic mass is 10.2. The molecule has 0 unspecified atom stereocenters. The van der Waals surface area contributed by atoms with E-state index in [0.29, 0.717) is 34.0 Å². The van der Waals surface area contributed by atoms with Gasteiger partial charge in [0.05, 0.1) is 18.2 Å². The summed E-state index contributed by atoms with van der Waals surface area (Å²) in [5.41, 5.74) is 1.58. The average molecular weight is 362 g/mol. The Kier molecular flexibility index (Phi) is 4.25. The van der Waals surface area contributed by atoms with Crippen LogP contribution in [-0.4, -0.2) is 27.6 Å². The maximum atomic E-state index is 14.1. The molecule has 0 saturated heterocycles. The van der Waals surface area contributed by atoms with Gasteiger partial charge in [0.25, 0.3) is 5.91 Å². The summed E-state index contributed by atoms with van der Waals surface area (Å²) >= 11 is 0. The summed E-state index contributed by atoms with van der Waals surface area (Å²) in [4.78, 5) is 12.7. The number of methoxy groups -OCH3 is 1. The molecule has 0 bridgehead atoms. The standard InChI is InChI=1S/C20H15FN4O2/c1-27-14-7-4-6-13(12-14)22-20(26)16-9-5-11-25-18(23-24-19(16)25)15-8-2-3-10-17(15)21/h2-12H,1H3,(H,22,26). The Morgan fingerprint density at radius 2 is 1.93 bits per heavy atom. The van der Waals surface area contributed by atoms with Gasteiger partial charge in [0.2, 0.25) is 0 Å². The van der Waals surface area contributed by atoms with Crippen molar-refractivity contribution in [2.24, 2.45) is 0 Å². The molecule has 4 aromatic rings. The number of amides is 1. The molecule has 0 aliphatic heterocycles. The SMILES string of the molecule is COc1cccc(NC(=O)c2cccn3c(-c4ccccc4F)nnc23)c1. The molecule has 2 heterocycles. The van der Waals surface area contributed by atoms with E-state index in [4.69, 9.17) is 4.74 Å². The Morgan fingerprint density at radius 3 is 2.74 bits per heavy atom. The quantitative estimate of drug-likeness (QED) is 0.600. The Labute approximate surface area is 154 Å². The summed E-state index contributed by atoms with van der Waals surface area (Å²) < 4.78 is 20.9. The van der Waals surface area contributed by atoms with Crippen LogP contribution < -0.4 is 10.1 Å². The van der Waals surface area contributed by atoms with Gasteiger partial charge in [0.15, 0.2) is 11.5 Å². The van der Waals surface area contributed by atoms with E-state index in [1.807, 2.05) is 0 Å². The molecule has 2 aromatic heterocycles. The zero-order chi connectivity index (χ0) is 18.8. The fourth-order valence-corrected chi connectivity index (χ4v) is 2.82. The van der Waals surface area contributed by atoms with E-state index >= 15 is 0 Å². The minimum atomic E-state index is -0.405. The maximum Gasteiger partial charge on any atom is 0.259 e. The van der Waals surface area contributed by atoms with Crippen molar-refractivity contribution in [2.75, 3.05) is 12.4 Å². The van der Waals surface area contributed by atoms with E-state index in [1.165, 1.54) is 6.07 Å². The summed E-state index contributed by atoms with van der Waals surface area (Å²) in [6, 6.07) is 16.7. The van der Waals surface area contributed by atoms with E-state index in [0.717, 1.165) is 0 Å². The van der Waals surface area contributed by atoms with Gasteiger partial charge >= 0.3 is 0 Å². The number of ether oxygens (including phenoxy) is 1. The number of anilines is 1. The first-order chi connectivity index (χ1) is 13.2. The molecule has 0 atom stereocenters. The minimum Gasteiger partial charge on any atom is -0.497 e. The molecule has 0 fully saturated rings. The molecule has 0 aliphatic rings. The molecule has 134 valence electrons. The second-order valence-electron chi connectivity index (χ2n) is 5.81. The number of halogens is 1. The normalized spacial score (nSPS) is 10.7. The van der Waals surface area contributed by atoms with E-state index in [1.54, 1.807) is 72.3 Å². The van der Waals surface area contributed by atoms with E-state index in [9.17, 15) is 9.18 Å². The second-order valence-corrected chi connectivity index (χ2v) is 5.81. The third-order valence-electron chi connectivity index (χ3n) is 4.12. The molecule has 1 amide bonds. The van der Waals surface area contributed by atoms with Crippen LogP contribution in [0.3, 0.4) is 0 Å². The van der Waals surface area contributed by atoms with Gasteiger partial charge < -0.3 is 10.1 Å². The third kappa shape index (κ3) is 3.10. The number of carbonyl (C=O) groups excluding carboxylic acids is 1. The van der Waals surface area contributed by atoms with Gasteiger partial charge in [0, 0.05) is 18.0 Å². The van der Waals surface area contributed by atoms with Crippen molar-refractivity contribution in [3.05, 3.63) is 78.2 Å². The summed E-state index contributed by atoms with van der Waals surface area (Å²) in [6.45, 7) is 0. The first kappa shape index (κ1) is 16.7. The van der Waals surface area contributed by atoms with Gasteiger partial charge in [-0.2, -0.15) is 0 Å². The van der Waals surface area contributed by atoms with Crippen molar-refractivity contribution >= 4 is 17.2 Å². The highest BCUT2D eigenvalue weighted by atomic mass is 19.1. The zero-order valence-electron chi connectivity index (χ0n) is 14.4. The molecule has 0 radical (unpaired) electrons. The maximum absolute atomic E-state index is 14.1. The van der Waals surface area contributed by atoms with Gasteiger partial charge in [-0.15, -0.1) is 10.2 Å². The highest BCUT2D eigenvalue weighted by Crippen LogP contribution is 2.23. The smallest absolute Gasteiger partial charge is 0.259 e. The average Bonchev–Trinajstić information content (AvgIpc) is 3.12. The number of benzene rings is 2. The molecular formula is C20H15FN4O2. The number of aromatic nitrogens is 3. The van der Waals surface area contributed by atoms with Crippen LogP contribution in [0.25, 0.3) is 17.0 Å². The Morgan fingerprint density at radius 1 is 1.07 bits per heavy atom. The fraction of sp³-hybridized carbons (Fsp3) is 0.0500. The zero-order valence-corrected chi connectivity index (χ0v) is 14.4. The first-order valence-corrected chi connectivity index (χ1v) is 8.21. The minimum absolute atomic E-state index is 0.315. The number of carbonyl (C=O) groups is 1. The van der Waals surface area contributed by atoms with Crippen LogP contribution in [0.5, 0.6) is 5.75 Å². The van der Waals surface area contributed by atoms with Gasteiger partial charge in [-0.1, -0.05) is 18.2 Å². The third-order valence-corrected chi connectivity index (χ3v) is 4.12. The number of hydrogen-bond donors (Lipinski definition) is 1. The van der Waals surface area contributed by atoms with E-state index < -0.39 is 5.82 Å². The first-order valence-electron chi connectivity index (χ1n) is 8.21. The predicted molar refractivity (Wildman–Crippen MR) is 99.3 cm³/mol. The number of pyridine rings is 1. The molecular weight excluding hydrogens is 347 g/mol. The summed E-state index contributed by atoms with van der Waals surface area (Å²) in [5.74, 6) is 0.217. The van der Waals surface area contributed by atoms with Gasteiger partial charge in [-0.05, 0) is 36.4 Å². The molecule has 4 rings (SSSR count). The monoisotopic (exact) mass is 362 g/mol. The highest BCUT2D eigenvalue weighted by Gasteiger charge is 2.17. The summed E-state index contributed by atoms with van der Waals surface area (Å²) in [6.07, 6.45) is 1.69. The molecule has 6 nitrogen and oxygen atoms in total. The molecule has 0 aliphatic carbocycles. The lowest BCUT2D eigenvalue weighted by Gasteiger charge is -2.08. The molecule has 1 N–H and O–H groups in total. The van der Waals surface area contributed by atoms with Crippen LogP contribution in [-0.2, 0) is 0 Å². The van der Waals surface area contributed by atoms with Crippen LogP contribution in [0.2, 0.25) is 0 Å². The number of nitrogens with one attached hydrogen (secondary N) is 1. The van der Waals surface area contributed by atoms with E-state index in [-0.39, 0.29) is 5.91 Å².